The molecule has 0 fully saturated rings. The summed E-state index contributed by atoms with van der Waals surface area (Å²) in [7, 11) is 0. The van der Waals surface area contributed by atoms with Crippen LogP contribution in [0.3, 0.4) is 0 Å². The highest BCUT2D eigenvalue weighted by atomic mass is 16.5. The van der Waals surface area contributed by atoms with Crippen molar-refractivity contribution in [3.8, 4) is 11.8 Å². The van der Waals surface area contributed by atoms with Crippen LogP contribution in [0.4, 0.5) is 0 Å². The molecule has 1 aliphatic heterocycles. The van der Waals surface area contributed by atoms with Crippen LogP contribution < -0.4 is 5.32 Å². The molecule has 0 unspecified atom stereocenters. The average Bonchev–Trinajstić information content (AvgIpc) is 2.78. The molecule has 1 aliphatic rings. The van der Waals surface area contributed by atoms with Crippen LogP contribution >= 0.6 is 0 Å². The van der Waals surface area contributed by atoms with E-state index in [0.29, 0.717) is 22.5 Å². The summed E-state index contributed by atoms with van der Waals surface area (Å²) >= 11 is 0. The van der Waals surface area contributed by atoms with Gasteiger partial charge in [-0.1, -0.05) is 60.4 Å². The number of esters is 2. The van der Waals surface area contributed by atoms with Crippen molar-refractivity contribution in [2.45, 2.75) is 20.8 Å². The van der Waals surface area contributed by atoms with Gasteiger partial charge in [-0.25, -0.2) is 9.59 Å². The first-order valence-corrected chi connectivity index (χ1v) is 10.2. The smallest absolute Gasteiger partial charge is 0.337 e. The van der Waals surface area contributed by atoms with Gasteiger partial charge >= 0.3 is 11.9 Å². The van der Waals surface area contributed by atoms with Gasteiger partial charge in [0, 0.05) is 11.3 Å². The molecule has 0 saturated carbocycles. The standard InChI is InChI=1S/C26H25NO4/c1-4-30-25(28)22-18(3)27-24(20-14-10-7-11-15-20)23(26(29)31-5-2)21(22)17-16-19-12-8-6-9-13-19/h6-15,21,27H,4-5H2,1-3H3/t21-/m1/s1. The summed E-state index contributed by atoms with van der Waals surface area (Å²) in [6, 6.07) is 18.9. The lowest BCUT2D eigenvalue weighted by Crippen LogP contribution is -2.33. The fraction of sp³-hybridized carbons (Fsp3) is 0.231. The Kier molecular flexibility index (Phi) is 7.29. The van der Waals surface area contributed by atoms with Crippen LogP contribution in [-0.2, 0) is 19.1 Å². The third kappa shape index (κ3) is 5.04. The van der Waals surface area contributed by atoms with Crippen LogP contribution in [0.2, 0.25) is 0 Å². The number of hydrogen-bond donors (Lipinski definition) is 1. The maximum atomic E-state index is 13.1. The maximum Gasteiger partial charge on any atom is 0.337 e. The lowest BCUT2D eigenvalue weighted by atomic mass is 9.84. The first-order valence-electron chi connectivity index (χ1n) is 10.2. The molecule has 2 aromatic rings. The molecule has 2 aromatic carbocycles. The molecule has 1 atom stereocenters. The molecule has 0 aromatic heterocycles. The van der Waals surface area contributed by atoms with Crippen molar-refractivity contribution < 1.29 is 19.1 Å². The number of rotatable bonds is 5. The summed E-state index contributed by atoms with van der Waals surface area (Å²) in [5, 5.41) is 3.23. The highest BCUT2D eigenvalue weighted by Crippen LogP contribution is 2.35. The minimum atomic E-state index is -0.797. The number of ether oxygens (including phenoxy) is 2. The Labute approximate surface area is 182 Å². The molecule has 5 nitrogen and oxygen atoms in total. The summed E-state index contributed by atoms with van der Waals surface area (Å²) in [6.45, 7) is 5.70. The van der Waals surface area contributed by atoms with Crippen LogP contribution in [0.15, 0.2) is 77.5 Å². The number of carbonyl (C=O) groups excluding carboxylic acids is 2. The normalized spacial score (nSPS) is 15.5. The fourth-order valence-electron chi connectivity index (χ4n) is 3.39. The second-order valence-electron chi connectivity index (χ2n) is 6.83. The Balaban J connectivity index is 2.21. The molecule has 1 heterocycles. The van der Waals surface area contributed by atoms with Crippen molar-refractivity contribution in [3.05, 3.63) is 88.6 Å². The zero-order chi connectivity index (χ0) is 22.2. The van der Waals surface area contributed by atoms with E-state index in [1.807, 2.05) is 60.7 Å². The summed E-state index contributed by atoms with van der Waals surface area (Å²) < 4.78 is 10.6. The van der Waals surface area contributed by atoms with Gasteiger partial charge in [0.1, 0.15) is 0 Å². The largest absolute Gasteiger partial charge is 0.463 e. The molecular weight excluding hydrogens is 390 g/mol. The molecule has 0 amide bonds. The molecule has 0 radical (unpaired) electrons. The summed E-state index contributed by atoms with van der Waals surface area (Å²) in [5.74, 6) is 4.42. The lowest BCUT2D eigenvalue weighted by molar-refractivity contribution is -0.139. The topological polar surface area (TPSA) is 64.6 Å². The van der Waals surface area contributed by atoms with E-state index in [9.17, 15) is 9.59 Å². The Morgan fingerprint density at radius 2 is 1.42 bits per heavy atom. The Hall–Kier alpha value is -3.78. The van der Waals surface area contributed by atoms with Gasteiger partial charge in [-0.3, -0.25) is 0 Å². The number of allylic oxidation sites excluding steroid dienone is 1. The molecule has 0 bridgehead atoms. The predicted molar refractivity (Wildman–Crippen MR) is 119 cm³/mol. The minimum Gasteiger partial charge on any atom is -0.463 e. The van der Waals surface area contributed by atoms with E-state index >= 15 is 0 Å². The quantitative estimate of drug-likeness (QED) is 0.589. The van der Waals surface area contributed by atoms with Crippen molar-refractivity contribution in [3.63, 3.8) is 0 Å². The number of hydrogen-bond acceptors (Lipinski definition) is 5. The summed E-state index contributed by atoms with van der Waals surface area (Å²) in [6.07, 6.45) is 0. The third-order valence-electron chi connectivity index (χ3n) is 4.75. The average molecular weight is 415 g/mol. The van der Waals surface area contributed by atoms with Crippen LogP contribution in [0.1, 0.15) is 31.9 Å². The zero-order valence-corrected chi connectivity index (χ0v) is 17.9. The van der Waals surface area contributed by atoms with Gasteiger partial charge in [0.2, 0.25) is 0 Å². The van der Waals surface area contributed by atoms with Gasteiger partial charge in [0.15, 0.2) is 0 Å². The molecule has 0 aliphatic carbocycles. The Morgan fingerprint density at radius 3 is 2.00 bits per heavy atom. The highest BCUT2D eigenvalue weighted by Gasteiger charge is 2.37. The van der Waals surface area contributed by atoms with Gasteiger partial charge in [-0.15, -0.1) is 0 Å². The number of dihydropyridines is 1. The van der Waals surface area contributed by atoms with Gasteiger partial charge < -0.3 is 14.8 Å². The molecule has 5 heteroatoms. The van der Waals surface area contributed by atoms with E-state index < -0.39 is 17.9 Å². The predicted octanol–water partition coefficient (Wildman–Crippen LogP) is 4.07. The monoisotopic (exact) mass is 415 g/mol. The summed E-state index contributed by atoms with van der Waals surface area (Å²) in [4.78, 5) is 25.9. The molecule has 0 spiro atoms. The zero-order valence-electron chi connectivity index (χ0n) is 17.9. The Morgan fingerprint density at radius 1 is 0.871 bits per heavy atom. The van der Waals surface area contributed by atoms with E-state index in [-0.39, 0.29) is 13.2 Å². The van der Waals surface area contributed by atoms with E-state index in [1.165, 1.54) is 0 Å². The van der Waals surface area contributed by atoms with Crippen LogP contribution in [0.25, 0.3) is 5.70 Å². The number of nitrogens with one attached hydrogen (secondary N) is 1. The van der Waals surface area contributed by atoms with Gasteiger partial charge in [0.25, 0.3) is 0 Å². The fourth-order valence-corrected chi connectivity index (χ4v) is 3.39. The van der Waals surface area contributed by atoms with E-state index in [0.717, 1.165) is 11.1 Å². The van der Waals surface area contributed by atoms with E-state index in [2.05, 4.69) is 17.2 Å². The van der Waals surface area contributed by atoms with Crippen LogP contribution in [0, 0.1) is 17.8 Å². The second-order valence-corrected chi connectivity index (χ2v) is 6.83. The highest BCUT2D eigenvalue weighted by molar-refractivity contribution is 6.04. The SMILES string of the molecule is CCOC(=O)C1=C(C)NC(c2ccccc2)=C(C(=O)OCC)[C@@H]1C#Cc1ccccc1. The Bertz CT molecular complexity index is 1070. The maximum absolute atomic E-state index is 13.1. The second kappa shape index (κ2) is 10.3. The van der Waals surface area contributed by atoms with Crippen LogP contribution in [-0.4, -0.2) is 25.2 Å². The number of benzene rings is 2. The molecular formula is C26H25NO4. The first kappa shape index (κ1) is 21.9. The molecule has 3 rings (SSSR count). The van der Waals surface area contributed by atoms with Gasteiger partial charge in [-0.2, -0.15) is 0 Å². The lowest BCUT2D eigenvalue weighted by Gasteiger charge is -2.28. The van der Waals surface area contributed by atoms with Crippen molar-refractivity contribution in [2.75, 3.05) is 13.2 Å². The molecule has 0 saturated heterocycles. The van der Waals surface area contributed by atoms with Crippen molar-refractivity contribution in [2.24, 2.45) is 5.92 Å². The van der Waals surface area contributed by atoms with Gasteiger partial charge in [-0.05, 0) is 38.5 Å². The molecule has 1 N–H and O–H groups in total. The van der Waals surface area contributed by atoms with Crippen LogP contribution in [0.5, 0.6) is 0 Å². The molecule has 158 valence electrons. The first-order chi connectivity index (χ1) is 15.1. The van der Waals surface area contributed by atoms with Gasteiger partial charge in [0.05, 0.1) is 36.0 Å². The van der Waals surface area contributed by atoms with Crippen molar-refractivity contribution >= 4 is 17.6 Å². The molecule has 31 heavy (non-hydrogen) atoms. The minimum absolute atomic E-state index is 0.209. The summed E-state index contributed by atoms with van der Waals surface area (Å²) in [5.41, 5.74) is 3.37. The van der Waals surface area contributed by atoms with Crippen molar-refractivity contribution in [1.82, 2.24) is 5.32 Å². The third-order valence-corrected chi connectivity index (χ3v) is 4.75. The van der Waals surface area contributed by atoms with E-state index in [4.69, 9.17) is 9.47 Å². The van der Waals surface area contributed by atoms with E-state index in [1.54, 1.807) is 20.8 Å². The van der Waals surface area contributed by atoms with Crippen molar-refractivity contribution in [1.29, 1.82) is 0 Å². The number of carbonyl (C=O) groups is 2.